The molecule has 0 radical (unpaired) electrons. The van der Waals surface area contributed by atoms with Gasteiger partial charge in [0, 0.05) is 43.0 Å². The van der Waals surface area contributed by atoms with E-state index in [2.05, 4.69) is 34.4 Å². The van der Waals surface area contributed by atoms with Gasteiger partial charge in [0.15, 0.2) is 11.5 Å². The van der Waals surface area contributed by atoms with Gasteiger partial charge in [-0.2, -0.15) is 0 Å². The van der Waals surface area contributed by atoms with E-state index < -0.39 is 0 Å². The fourth-order valence-corrected chi connectivity index (χ4v) is 3.51. The standard InChI is InChI=1S/C21H21N3O2/c25-21(19-13-20(26-23-19)17-10-6-11-22-14-17)24-12-5-4-9-18(15-24)16-7-2-1-3-8-16/h1-3,6-8,10-11,13-14,18H,4-5,9,12,15H2. The number of pyridine rings is 1. The van der Waals surface area contributed by atoms with Crippen molar-refractivity contribution in [2.45, 2.75) is 25.2 Å². The summed E-state index contributed by atoms with van der Waals surface area (Å²) in [5.41, 5.74) is 2.47. The van der Waals surface area contributed by atoms with Crippen molar-refractivity contribution < 1.29 is 9.32 Å². The first-order valence-electron chi connectivity index (χ1n) is 9.02. The van der Waals surface area contributed by atoms with E-state index in [1.54, 1.807) is 18.5 Å². The first-order chi connectivity index (χ1) is 12.8. The summed E-state index contributed by atoms with van der Waals surface area (Å²) >= 11 is 0. The quantitative estimate of drug-likeness (QED) is 0.714. The molecule has 1 atom stereocenters. The molecule has 132 valence electrons. The molecule has 1 fully saturated rings. The molecule has 3 heterocycles. The van der Waals surface area contributed by atoms with E-state index >= 15 is 0 Å². The van der Waals surface area contributed by atoms with Crippen LogP contribution in [-0.2, 0) is 0 Å². The van der Waals surface area contributed by atoms with E-state index in [0.717, 1.165) is 37.9 Å². The van der Waals surface area contributed by atoms with Crippen LogP contribution in [0, 0.1) is 0 Å². The molecule has 0 N–H and O–H groups in total. The van der Waals surface area contributed by atoms with Crippen molar-refractivity contribution in [1.82, 2.24) is 15.0 Å². The van der Waals surface area contributed by atoms with Gasteiger partial charge in [0.05, 0.1) is 0 Å². The number of hydrogen-bond acceptors (Lipinski definition) is 4. The molecule has 5 heteroatoms. The Morgan fingerprint density at radius 2 is 2.00 bits per heavy atom. The molecule has 5 nitrogen and oxygen atoms in total. The van der Waals surface area contributed by atoms with Gasteiger partial charge >= 0.3 is 0 Å². The minimum Gasteiger partial charge on any atom is -0.355 e. The van der Waals surface area contributed by atoms with Gasteiger partial charge in [0.25, 0.3) is 5.91 Å². The molecule has 0 bridgehead atoms. The van der Waals surface area contributed by atoms with E-state index in [0.29, 0.717) is 17.4 Å². The third-order valence-corrected chi connectivity index (χ3v) is 4.90. The van der Waals surface area contributed by atoms with Crippen molar-refractivity contribution in [2.75, 3.05) is 13.1 Å². The van der Waals surface area contributed by atoms with Crippen molar-refractivity contribution in [1.29, 1.82) is 0 Å². The van der Waals surface area contributed by atoms with Crippen LogP contribution in [0.25, 0.3) is 11.3 Å². The van der Waals surface area contributed by atoms with Crippen LogP contribution in [0.3, 0.4) is 0 Å². The van der Waals surface area contributed by atoms with Crippen LogP contribution in [0.2, 0.25) is 0 Å². The van der Waals surface area contributed by atoms with Crippen LogP contribution in [0.1, 0.15) is 41.2 Å². The van der Waals surface area contributed by atoms with Gasteiger partial charge in [-0.05, 0) is 30.5 Å². The first kappa shape index (κ1) is 16.5. The van der Waals surface area contributed by atoms with Crippen LogP contribution < -0.4 is 0 Å². The minimum atomic E-state index is -0.0632. The average Bonchev–Trinajstić information content (AvgIpc) is 3.07. The Morgan fingerprint density at radius 1 is 1.12 bits per heavy atom. The molecule has 1 aliphatic rings. The molecular formula is C21H21N3O2. The Hall–Kier alpha value is -2.95. The van der Waals surface area contributed by atoms with Gasteiger partial charge < -0.3 is 9.42 Å². The van der Waals surface area contributed by atoms with Crippen molar-refractivity contribution in [2.24, 2.45) is 0 Å². The van der Waals surface area contributed by atoms with Crippen molar-refractivity contribution in [3.63, 3.8) is 0 Å². The minimum absolute atomic E-state index is 0.0632. The lowest BCUT2D eigenvalue weighted by Gasteiger charge is -2.24. The Morgan fingerprint density at radius 3 is 2.81 bits per heavy atom. The second-order valence-corrected chi connectivity index (χ2v) is 6.67. The van der Waals surface area contributed by atoms with Crippen LogP contribution in [-0.4, -0.2) is 34.0 Å². The van der Waals surface area contributed by atoms with Gasteiger partial charge in [-0.25, -0.2) is 0 Å². The van der Waals surface area contributed by atoms with E-state index in [1.165, 1.54) is 5.56 Å². The molecule has 1 saturated heterocycles. The zero-order valence-electron chi connectivity index (χ0n) is 14.5. The predicted octanol–water partition coefficient (Wildman–Crippen LogP) is 4.15. The first-order valence-corrected chi connectivity index (χ1v) is 9.02. The zero-order valence-corrected chi connectivity index (χ0v) is 14.5. The SMILES string of the molecule is O=C(c1cc(-c2cccnc2)on1)N1CCCCC(c2ccccc2)C1. The number of rotatable bonds is 3. The number of carbonyl (C=O) groups is 1. The second-order valence-electron chi connectivity index (χ2n) is 6.67. The molecule has 1 amide bonds. The molecule has 0 aliphatic carbocycles. The third-order valence-electron chi connectivity index (χ3n) is 4.90. The van der Waals surface area contributed by atoms with Crippen molar-refractivity contribution in [3.05, 3.63) is 72.2 Å². The van der Waals surface area contributed by atoms with E-state index in [4.69, 9.17) is 4.52 Å². The molecule has 1 unspecified atom stereocenters. The van der Waals surface area contributed by atoms with Crippen LogP contribution in [0.15, 0.2) is 65.4 Å². The Kier molecular flexibility index (Phi) is 4.78. The number of likely N-dealkylation sites (tertiary alicyclic amines) is 1. The lowest BCUT2D eigenvalue weighted by molar-refractivity contribution is 0.0744. The van der Waals surface area contributed by atoms with E-state index in [-0.39, 0.29) is 5.91 Å². The summed E-state index contributed by atoms with van der Waals surface area (Å²) in [7, 11) is 0. The fraction of sp³-hybridized carbons (Fsp3) is 0.286. The maximum absolute atomic E-state index is 13.0. The molecule has 1 aliphatic heterocycles. The van der Waals surface area contributed by atoms with Gasteiger partial charge in [-0.3, -0.25) is 9.78 Å². The normalized spacial score (nSPS) is 17.7. The Bertz CT molecular complexity index is 861. The van der Waals surface area contributed by atoms with E-state index in [9.17, 15) is 4.79 Å². The summed E-state index contributed by atoms with van der Waals surface area (Å²) in [5.74, 6) is 0.870. The van der Waals surface area contributed by atoms with Crippen molar-refractivity contribution >= 4 is 5.91 Å². The second kappa shape index (κ2) is 7.52. The highest BCUT2D eigenvalue weighted by Crippen LogP contribution is 2.27. The summed E-state index contributed by atoms with van der Waals surface area (Å²) < 4.78 is 5.37. The highest BCUT2D eigenvalue weighted by Gasteiger charge is 2.26. The molecular weight excluding hydrogens is 326 g/mol. The highest BCUT2D eigenvalue weighted by molar-refractivity contribution is 5.93. The van der Waals surface area contributed by atoms with Gasteiger partial charge in [0.1, 0.15) is 0 Å². The van der Waals surface area contributed by atoms with Gasteiger partial charge in [-0.1, -0.05) is 41.9 Å². The smallest absolute Gasteiger partial charge is 0.276 e. The van der Waals surface area contributed by atoms with Crippen molar-refractivity contribution in [3.8, 4) is 11.3 Å². The topological polar surface area (TPSA) is 59.2 Å². The van der Waals surface area contributed by atoms with Crippen LogP contribution >= 0.6 is 0 Å². The summed E-state index contributed by atoms with van der Waals surface area (Å²) in [6.07, 6.45) is 6.65. The number of nitrogens with zero attached hydrogens (tertiary/aromatic N) is 3. The van der Waals surface area contributed by atoms with Gasteiger partial charge in [-0.15, -0.1) is 0 Å². The van der Waals surface area contributed by atoms with Crippen LogP contribution in [0.5, 0.6) is 0 Å². The molecule has 0 saturated carbocycles. The summed E-state index contributed by atoms with van der Waals surface area (Å²) in [4.78, 5) is 19.0. The predicted molar refractivity (Wildman–Crippen MR) is 98.7 cm³/mol. The Balaban J connectivity index is 1.53. The number of hydrogen-bond donors (Lipinski definition) is 0. The molecule has 4 rings (SSSR count). The number of amides is 1. The molecule has 1 aromatic carbocycles. The molecule has 3 aromatic rings. The Labute approximate surface area is 152 Å². The molecule has 0 spiro atoms. The number of benzene rings is 1. The summed E-state index contributed by atoms with van der Waals surface area (Å²) in [5, 5.41) is 4.00. The summed E-state index contributed by atoms with van der Waals surface area (Å²) in [6, 6.07) is 15.9. The number of carbonyl (C=O) groups excluding carboxylic acids is 1. The number of aromatic nitrogens is 2. The van der Waals surface area contributed by atoms with E-state index in [1.807, 2.05) is 23.1 Å². The highest BCUT2D eigenvalue weighted by atomic mass is 16.5. The lowest BCUT2D eigenvalue weighted by atomic mass is 9.94. The maximum Gasteiger partial charge on any atom is 0.276 e. The lowest BCUT2D eigenvalue weighted by Crippen LogP contribution is -2.34. The monoisotopic (exact) mass is 347 g/mol. The third kappa shape index (κ3) is 3.52. The fourth-order valence-electron chi connectivity index (χ4n) is 3.51. The maximum atomic E-state index is 13.0. The average molecular weight is 347 g/mol. The molecule has 26 heavy (non-hydrogen) atoms. The largest absolute Gasteiger partial charge is 0.355 e. The van der Waals surface area contributed by atoms with Crippen LogP contribution in [0.4, 0.5) is 0 Å². The molecule has 2 aromatic heterocycles. The zero-order chi connectivity index (χ0) is 17.8. The van der Waals surface area contributed by atoms with Gasteiger partial charge in [0.2, 0.25) is 0 Å². The summed E-state index contributed by atoms with van der Waals surface area (Å²) in [6.45, 7) is 1.48.